The van der Waals surface area contributed by atoms with Crippen molar-refractivity contribution in [1.29, 1.82) is 0 Å². The number of hydrogen-bond donors (Lipinski definition) is 1. The van der Waals surface area contributed by atoms with Gasteiger partial charge in [-0.1, -0.05) is 6.08 Å². The molecule has 3 rings (SSSR count). The van der Waals surface area contributed by atoms with Crippen molar-refractivity contribution in [3.8, 4) is 0 Å². The van der Waals surface area contributed by atoms with Gasteiger partial charge in [-0.25, -0.2) is 0 Å². The Morgan fingerprint density at radius 3 is 2.75 bits per heavy atom. The number of carbonyl (C=O) groups excluding carboxylic acids is 2. The van der Waals surface area contributed by atoms with E-state index in [4.69, 9.17) is 4.74 Å². The maximum absolute atomic E-state index is 12.1. The maximum atomic E-state index is 12.1. The van der Waals surface area contributed by atoms with E-state index in [-0.39, 0.29) is 5.57 Å². The van der Waals surface area contributed by atoms with Crippen LogP contribution in [-0.2, 0) is 14.3 Å². The van der Waals surface area contributed by atoms with E-state index in [1.165, 1.54) is 25.7 Å². The third-order valence-electron chi connectivity index (χ3n) is 3.96. The van der Waals surface area contributed by atoms with Gasteiger partial charge in [0.2, 0.25) is 5.78 Å². The molecule has 2 aliphatic carbocycles. The Balaban J connectivity index is 1.98. The van der Waals surface area contributed by atoms with E-state index in [1.54, 1.807) is 6.08 Å². The second kappa shape index (κ2) is 4.56. The summed E-state index contributed by atoms with van der Waals surface area (Å²) in [5.41, 5.74) is -0.0765. The highest BCUT2D eigenvalue weighted by molar-refractivity contribution is 6.25. The number of rotatable bonds is 1. The molecule has 0 saturated heterocycles. The molecule has 3 aliphatic rings. The Kier molecular flexibility index (Phi) is 2.98. The van der Waals surface area contributed by atoms with Crippen LogP contribution >= 0.6 is 0 Å². The minimum atomic E-state index is -1.98. The lowest BCUT2D eigenvalue weighted by molar-refractivity contribution is -0.144. The van der Waals surface area contributed by atoms with Crippen LogP contribution in [-0.4, -0.2) is 22.3 Å². The number of carbonyl (C=O) groups is 2. The first-order valence-electron chi connectivity index (χ1n) is 6.82. The number of Topliss-reactive ketones (excluding diaryl/α,β-unsaturated/α-hetero) is 1. The first-order chi connectivity index (χ1) is 9.50. The standard InChI is InChI=1S/C16H16O4/c1-16(19)14(17)8-11-7-13(10-5-3-2-4-6-10)20-9-12(11)15(16)18/h5,7-9,19H,2-4,6H2,1H3/t16-/m1/s1. The minimum Gasteiger partial charge on any atom is -0.464 e. The van der Waals surface area contributed by atoms with Crippen LogP contribution in [0.4, 0.5) is 0 Å². The zero-order valence-corrected chi connectivity index (χ0v) is 11.3. The highest BCUT2D eigenvalue weighted by atomic mass is 16.5. The normalized spacial score (nSPS) is 29.7. The van der Waals surface area contributed by atoms with Gasteiger partial charge < -0.3 is 9.84 Å². The summed E-state index contributed by atoms with van der Waals surface area (Å²) in [4.78, 5) is 23.9. The van der Waals surface area contributed by atoms with E-state index < -0.39 is 17.2 Å². The lowest BCUT2D eigenvalue weighted by Gasteiger charge is -2.28. The number of ketones is 2. The lowest BCUT2D eigenvalue weighted by Crippen LogP contribution is -2.46. The van der Waals surface area contributed by atoms with Crippen LogP contribution in [0.5, 0.6) is 0 Å². The number of hydrogen-bond acceptors (Lipinski definition) is 4. The molecule has 0 aromatic heterocycles. The third kappa shape index (κ3) is 1.96. The van der Waals surface area contributed by atoms with Crippen LogP contribution < -0.4 is 0 Å². The van der Waals surface area contributed by atoms with Crippen molar-refractivity contribution >= 4 is 11.6 Å². The summed E-state index contributed by atoms with van der Waals surface area (Å²) in [6.07, 6.45) is 10.8. The SMILES string of the molecule is C[C@@]1(O)C(=O)C=C2C=C(C3=CCCCC3)OC=C2C1=O. The molecule has 0 fully saturated rings. The van der Waals surface area contributed by atoms with Gasteiger partial charge in [-0.3, -0.25) is 9.59 Å². The molecule has 20 heavy (non-hydrogen) atoms. The molecule has 1 N–H and O–H groups in total. The average molecular weight is 272 g/mol. The summed E-state index contributed by atoms with van der Waals surface area (Å²) in [5, 5.41) is 9.89. The second-order valence-corrected chi connectivity index (χ2v) is 5.50. The monoisotopic (exact) mass is 272 g/mol. The fraction of sp³-hybridized carbons (Fsp3) is 0.375. The van der Waals surface area contributed by atoms with E-state index in [9.17, 15) is 14.7 Å². The molecular weight excluding hydrogens is 256 g/mol. The van der Waals surface area contributed by atoms with Crippen LogP contribution in [0.25, 0.3) is 0 Å². The lowest BCUT2D eigenvalue weighted by atomic mass is 9.80. The second-order valence-electron chi connectivity index (χ2n) is 5.50. The number of ether oxygens (including phenoxy) is 1. The van der Waals surface area contributed by atoms with E-state index in [0.29, 0.717) is 11.3 Å². The predicted molar refractivity (Wildman–Crippen MR) is 72.5 cm³/mol. The van der Waals surface area contributed by atoms with Crippen LogP contribution in [0.2, 0.25) is 0 Å². The molecule has 0 saturated carbocycles. The molecule has 1 atom stereocenters. The van der Waals surface area contributed by atoms with Crippen molar-refractivity contribution in [2.75, 3.05) is 0 Å². The van der Waals surface area contributed by atoms with Gasteiger partial charge in [0.25, 0.3) is 0 Å². The fourth-order valence-electron chi connectivity index (χ4n) is 2.63. The summed E-state index contributed by atoms with van der Waals surface area (Å²) in [6, 6.07) is 0. The van der Waals surface area contributed by atoms with E-state index in [1.807, 2.05) is 0 Å². The topological polar surface area (TPSA) is 63.6 Å². The highest BCUT2D eigenvalue weighted by Gasteiger charge is 2.44. The molecule has 0 amide bonds. The van der Waals surface area contributed by atoms with E-state index in [2.05, 4.69) is 6.08 Å². The van der Waals surface area contributed by atoms with E-state index in [0.717, 1.165) is 24.8 Å². The predicted octanol–water partition coefficient (Wildman–Crippen LogP) is 2.11. The molecule has 1 aliphatic heterocycles. The van der Waals surface area contributed by atoms with Gasteiger partial charge in [0.15, 0.2) is 11.4 Å². The number of fused-ring (bicyclic) bond motifs is 1. The van der Waals surface area contributed by atoms with Gasteiger partial charge in [-0.05, 0) is 55.9 Å². The first kappa shape index (κ1) is 13.1. The van der Waals surface area contributed by atoms with Crippen molar-refractivity contribution in [1.82, 2.24) is 0 Å². The molecule has 4 heteroatoms. The maximum Gasteiger partial charge on any atom is 0.205 e. The Morgan fingerprint density at radius 1 is 1.25 bits per heavy atom. The van der Waals surface area contributed by atoms with Crippen molar-refractivity contribution in [2.24, 2.45) is 0 Å². The molecule has 4 nitrogen and oxygen atoms in total. The molecule has 104 valence electrons. The largest absolute Gasteiger partial charge is 0.464 e. The van der Waals surface area contributed by atoms with E-state index >= 15 is 0 Å². The van der Waals surface area contributed by atoms with Gasteiger partial charge >= 0.3 is 0 Å². The molecular formula is C16H16O4. The summed E-state index contributed by atoms with van der Waals surface area (Å²) in [5.74, 6) is -0.487. The van der Waals surface area contributed by atoms with Crippen LogP contribution in [0, 0.1) is 0 Å². The van der Waals surface area contributed by atoms with Crippen LogP contribution in [0.15, 0.2) is 47.0 Å². The molecule has 0 radical (unpaired) electrons. The Bertz CT molecular complexity index is 614. The van der Waals surface area contributed by atoms with Gasteiger partial charge in [0.05, 0.1) is 5.57 Å². The Hall–Kier alpha value is -1.94. The Labute approximate surface area is 117 Å². The molecule has 0 unspecified atom stereocenters. The fourth-order valence-corrected chi connectivity index (χ4v) is 2.63. The van der Waals surface area contributed by atoms with Crippen molar-refractivity contribution in [3.63, 3.8) is 0 Å². The number of aliphatic hydroxyl groups is 1. The average Bonchev–Trinajstić information content (AvgIpc) is 2.46. The molecule has 1 heterocycles. The summed E-state index contributed by atoms with van der Waals surface area (Å²) in [7, 11) is 0. The van der Waals surface area contributed by atoms with Crippen LogP contribution in [0.3, 0.4) is 0 Å². The quantitative estimate of drug-likeness (QED) is 0.743. The molecule has 0 aromatic carbocycles. The Morgan fingerprint density at radius 2 is 2.05 bits per heavy atom. The van der Waals surface area contributed by atoms with Crippen molar-refractivity contribution in [3.05, 3.63) is 47.0 Å². The smallest absolute Gasteiger partial charge is 0.205 e. The number of allylic oxidation sites excluding steroid dienone is 4. The summed E-state index contributed by atoms with van der Waals surface area (Å²) < 4.78 is 5.53. The molecule has 0 bridgehead atoms. The zero-order chi connectivity index (χ0) is 14.3. The van der Waals surface area contributed by atoms with Gasteiger partial charge in [-0.2, -0.15) is 0 Å². The van der Waals surface area contributed by atoms with Crippen molar-refractivity contribution in [2.45, 2.75) is 38.2 Å². The van der Waals surface area contributed by atoms with Gasteiger partial charge in [0.1, 0.15) is 12.0 Å². The minimum absolute atomic E-state index is 0.259. The van der Waals surface area contributed by atoms with Crippen LogP contribution in [0.1, 0.15) is 32.6 Å². The van der Waals surface area contributed by atoms with Gasteiger partial charge in [0, 0.05) is 0 Å². The summed E-state index contributed by atoms with van der Waals surface area (Å²) >= 11 is 0. The first-order valence-corrected chi connectivity index (χ1v) is 6.82. The molecule has 0 spiro atoms. The van der Waals surface area contributed by atoms with Crippen molar-refractivity contribution < 1.29 is 19.4 Å². The zero-order valence-electron chi connectivity index (χ0n) is 11.3. The summed E-state index contributed by atoms with van der Waals surface area (Å²) in [6.45, 7) is 1.22. The highest BCUT2D eigenvalue weighted by Crippen LogP contribution is 2.34. The van der Waals surface area contributed by atoms with Gasteiger partial charge in [-0.15, -0.1) is 0 Å². The molecule has 0 aromatic rings. The third-order valence-corrected chi connectivity index (χ3v) is 3.96.